The van der Waals surface area contributed by atoms with Gasteiger partial charge >= 0.3 is 0 Å². The van der Waals surface area contributed by atoms with E-state index >= 15 is 0 Å². The predicted molar refractivity (Wildman–Crippen MR) is 92.3 cm³/mol. The van der Waals surface area contributed by atoms with E-state index in [2.05, 4.69) is 10.2 Å². The van der Waals surface area contributed by atoms with Gasteiger partial charge in [0.25, 0.3) is 5.91 Å². The van der Waals surface area contributed by atoms with Crippen LogP contribution in [0.4, 0.5) is 5.13 Å². The van der Waals surface area contributed by atoms with Crippen molar-refractivity contribution in [3.05, 3.63) is 10.9 Å². The Hall–Kier alpha value is -1.18. The Morgan fingerprint density at radius 3 is 2.91 bits per heavy atom. The van der Waals surface area contributed by atoms with Crippen LogP contribution in [0, 0.1) is 0 Å². The molecule has 22 heavy (non-hydrogen) atoms. The van der Waals surface area contributed by atoms with Gasteiger partial charge in [-0.15, -0.1) is 11.3 Å². The van der Waals surface area contributed by atoms with Crippen molar-refractivity contribution in [2.24, 2.45) is 0 Å². The molecule has 2 saturated heterocycles. The van der Waals surface area contributed by atoms with Crippen molar-refractivity contribution >= 4 is 43.2 Å². The highest BCUT2D eigenvalue weighted by Crippen LogP contribution is 2.36. The predicted octanol–water partition coefficient (Wildman–Crippen LogP) is 2.39. The lowest BCUT2D eigenvalue weighted by atomic mass is 10.2. The van der Waals surface area contributed by atoms with E-state index in [1.807, 2.05) is 18.0 Å². The minimum Gasteiger partial charge on any atom is -0.348 e. The fourth-order valence-electron chi connectivity index (χ4n) is 3.18. The van der Waals surface area contributed by atoms with Crippen molar-refractivity contribution < 1.29 is 4.79 Å². The molecule has 1 unspecified atom stereocenters. The summed E-state index contributed by atoms with van der Waals surface area (Å²) >= 11 is 3.25. The number of nitrogens with zero attached hydrogens (tertiary/aromatic N) is 3. The first-order valence-corrected chi connectivity index (χ1v) is 9.49. The van der Waals surface area contributed by atoms with Crippen molar-refractivity contribution in [1.82, 2.24) is 15.2 Å². The molecule has 0 spiro atoms. The zero-order valence-electron chi connectivity index (χ0n) is 12.7. The van der Waals surface area contributed by atoms with Crippen molar-refractivity contribution in [3.63, 3.8) is 0 Å². The van der Waals surface area contributed by atoms with Gasteiger partial charge in [0.05, 0.1) is 9.58 Å². The van der Waals surface area contributed by atoms with Gasteiger partial charge in [-0.25, -0.2) is 4.98 Å². The first kappa shape index (κ1) is 14.4. The summed E-state index contributed by atoms with van der Waals surface area (Å²) in [6.45, 7) is 4.13. The Kier molecular flexibility index (Phi) is 3.79. The van der Waals surface area contributed by atoms with Crippen molar-refractivity contribution in [2.75, 3.05) is 38.1 Å². The average Bonchev–Trinajstić information content (AvgIpc) is 3.28. The molecule has 0 aromatic carbocycles. The minimum absolute atomic E-state index is 0.131. The molecule has 7 heteroatoms. The highest BCUT2D eigenvalue weighted by Gasteiger charge is 2.26. The van der Waals surface area contributed by atoms with Gasteiger partial charge in [0.15, 0.2) is 5.13 Å². The molecule has 2 aromatic rings. The van der Waals surface area contributed by atoms with Gasteiger partial charge < -0.3 is 15.1 Å². The lowest BCUT2D eigenvalue weighted by molar-refractivity contribution is 0.0749. The van der Waals surface area contributed by atoms with E-state index in [1.54, 1.807) is 11.3 Å². The molecule has 4 heterocycles. The summed E-state index contributed by atoms with van der Waals surface area (Å²) in [7, 11) is 1.91. The molecule has 2 aliphatic rings. The Bertz CT molecular complexity index is 651. The Morgan fingerprint density at radius 1 is 1.41 bits per heavy atom. The van der Waals surface area contributed by atoms with Crippen LogP contribution in [0.3, 0.4) is 0 Å². The number of thiophene rings is 1. The molecular formula is C15H20N4OS2. The molecule has 2 aliphatic heterocycles. The third-order valence-electron chi connectivity index (χ3n) is 4.57. The van der Waals surface area contributed by atoms with Crippen LogP contribution in [0.1, 0.15) is 28.9 Å². The highest BCUT2D eigenvalue weighted by molar-refractivity contribution is 7.29. The molecule has 4 rings (SSSR count). The number of fused-ring (bicyclic) bond motifs is 1. The van der Waals surface area contributed by atoms with Gasteiger partial charge in [-0.3, -0.25) is 4.79 Å². The van der Waals surface area contributed by atoms with E-state index in [1.165, 1.54) is 24.2 Å². The summed E-state index contributed by atoms with van der Waals surface area (Å²) in [5, 5.41) is 4.43. The first-order valence-electron chi connectivity index (χ1n) is 7.85. The number of amides is 1. The number of thiazole rings is 1. The molecule has 0 bridgehead atoms. The van der Waals surface area contributed by atoms with Gasteiger partial charge in [0, 0.05) is 32.7 Å². The van der Waals surface area contributed by atoms with Crippen LogP contribution >= 0.6 is 22.7 Å². The average molecular weight is 336 g/mol. The Morgan fingerprint density at radius 2 is 2.23 bits per heavy atom. The number of rotatable bonds is 3. The Balaban J connectivity index is 1.54. The van der Waals surface area contributed by atoms with Crippen LogP contribution in [-0.2, 0) is 0 Å². The molecule has 5 nitrogen and oxygen atoms in total. The van der Waals surface area contributed by atoms with Crippen LogP contribution in [0.15, 0.2) is 6.07 Å². The SMILES string of the molecule is CN(C(=O)c1cc2sc(N3CCCC3)nc2s1)C1CCNC1. The smallest absolute Gasteiger partial charge is 0.264 e. The molecule has 1 atom stereocenters. The normalized spacial score (nSPS) is 21.9. The lowest BCUT2D eigenvalue weighted by Crippen LogP contribution is -2.37. The summed E-state index contributed by atoms with van der Waals surface area (Å²) in [5.41, 5.74) is 0. The molecule has 0 aliphatic carbocycles. The summed E-state index contributed by atoms with van der Waals surface area (Å²) in [4.78, 5) is 23.4. The zero-order valence-corrected chi connectivity index (χ0v) is 14.3. The van der Waals surface area contributed by atoms with Crippen LogP contribution in [0.25, 0.3) is 9.53 Å². The fourth-order valence-corrected chi connectivity index (χ4v) is 5.43. The summed E-state index contributed by atoms with van der Waals surface area (Å²) in [6, 6.07) is 2.35. The number of aromatic nitrogens is 1. The topological polar surface area (TPSA) is 48.5 Å². The molecule has 1 N–H and O–H groups in total. The second-order valence-electron chi connectivity index (χ2n) is 6.03. The maximum absolute atomic E-state index is 12.6. The number of carbonyl (C=O) groups excluding carboxylic acids is 1. The van der Waals surface area contributed by atoms with E-state index in [9.17, 15) is 4.79 Å². The molecule has 2 fully saturated rings. The van der Waals surface area contributed by atoms with Gasteiger partial charge in [-0.2, -0.15) is 0 Å². The lowest BCUT2D eigenvalue weighted by Gasteiger charge is -2.22. The van der Waals surface area contributed by atoms with E-state index in [-0.39, 0.29) is 5.91 Å². The third kappa shape index (κ3) is 2.51. The molecule has 1 amide bonds. The van der Waals surface area contributed by atoms with Crippen molar-refractivity contribution in [1.29, 1.82) is 0 Å². The quantitative estimate of drug-likeness (QED) is 0.935. The third-order valence-corrected chi connectivity index (χ3v) is 6.78. The van der Waals surface area contributed by atoms with Crippen LogP contribution in [0.5, 0.6) is 0 Å². The van der Waals surface area contributed by atoms with Crippen LogP contribution in [0.2, 0.25) is 0 Å². The largest absolute Gasteiger partial charge is 0.348 e. The van der Waals surface area contributed by atoms with E-state index in [0.717, 1.165) is 52.1 Å². The van der Waals surface area contributed by atoms with Crippen LogP contribution in [-0.4, -0.2) is 55.1 Å². The van der Waals surface area contributed by atoms with E-state index < -0.39 is 0 Å². The molecular weight excluding hydrogens is 316 g/mol. The zero-order chi connectivity index (χ0) is 15.1. The number of carbonyl (C=O) groups is 1. The number of hydrogen-bond acceptors (Lipinski definition) is 6. The highest BCUT2D eigenvalue weighted by atomic mass is 32.1. The summed E-state index contributed by atoms with van der Waals surface area (Å²) in [5.74, 6) is 0.131. The number of anilines is 1. The van der Waals surface area contributed by atoms with E-state index in [0.29, 0.717) is 6.04 Å². The molecule has 0 saturated carbocycles. The standard InChI is InChI=1S/C15H20N4OS2/c1-18(10-4-5-16-9-10)14(20)12-8-11-13(21-12)17-15(22-11)19-6-2-3-7-19/h8,10,16H,2-7,9H2,1H3. The number of likely N-dealkylation sites (N-methyl/N-ethyl adjacent to an activating group) is 1. The van der Waals surface area contributed by atoms with Crippen LogP contribution < -0.4 is 10.2 Å². The Labute approximate surface area is 137 Å². The van der Waals surface area contributed by atoms with E-state index in [4.69, 9.17) is 4.98 Å². The van der Waals surface area contributed by atoms with Gasteiger partial charge in [0.1, 0.15) is 4.83 Å². The van der Waals surface area contributed by atoms with Crippen molar-refractivity contribution in [3.8, 4) is 0 Å². The molecule has 118 valence electrons. The second-order valence-corrected chi connectivity index (χ2v) is 8.07. The van der Waals surface area contributed by atoms with Gasteiger partial charge in [-0.1, -0.05) is 11.3 Å². The molecule has 0 radical (unpaired) electrons. The maximum atomic E-state index is 12.6. The number of nitrogens with one attached hydrogen (secondary N) is 1. The molecule has 2 aromatic heterocycles. The minimum atomic E-state index is 0.131. The summed E-state index contributed by atoms with van der Waals surface area (Å²) in [6.07, 6.45) is 3.56. The van der Waals surface area contributed by atoms with Gasteiger partial charge in [-0.05, 0) is 31.9 Å². The summed E-state index contributed by atoms with van der Waals surface area (Å²) < 4.78 is 1.15. The monoisotopic (exact) mass is 336 g/mol. The fraction of sp³-hybridized carbons (Fsp3) is 0.600. The number of hydrogen-bond donors (Lipinski definition) is 1. The second kappa shape index (κ2) is 5.79. The van der Waals surface area contributed by atoms with Crippen molar-refractivity contribution in [2.45, 2.75) is 25.3 Å². The maximum Gasteiger partial charge on any atom is 0.264 e. The first-order chi connectivity index (χ1) is 10.7. The van der Waals surface area contributed by atoms with Gasteiger partial charge in [0.2, 0.25) is 0 Å².